The van der Waals surface area contributed by atoms with Crippen molar-refractivity contribution in [1.82, 2.24) is 4.72 Å². The molecule has 0 radical (unpaired) electrons. The van der Waals surface area contributed by atoms with Crippen LogP contribution in [0.5, 0.6) is 0 Å². The molecule has 0 fully saturated rings. The summed E-state index contributed by atoms with van der Waals surface area (Å²) < 4.78 is 26.9. The highest BCUT2D eigenvalue weighted by Crippen LogP contribution is 2.15. The second-order valence-corrected chi connectivity index (χ2v) is 8.09. The van der Waals surface area contributed by atoms with Gasteiger partial charge in [0.05, 0.1) is 4.90 Å². The molecule has 3 aromatic rings. The molecule has 0 saturated carbocycles. The summed E-state index contributed by atoms with van der Waals surface area (Å²) in [5.41, 5.74) is 2.45. The summed E-state index contributed by atoms with van der Waals surface area (Å²) in [7, 11) is -3.71. The normalized spacial score (nSPS) is 10.5. The number of hydrogen-bond acceptors (Lipinski definition) is 3. The third kappa shape index (κ3) is 5.67. The lowest BCUT2D eigenvalue weighted by Crippen LogP contribution is -2.24. The van der Waals surface area contributed by atoms with E-state index in [4.69, 9.17) is 0 Å². The Hall–Kier alpha value is -3.66. The molecule has 30 heavy (non-hydrogen) atoms. The zero-order valence-corrected chi connectivity index (χ0v) is 16.9. The van der Waals surface area contributed by atoms with Crippen LogP contribution in [0.1, 0.15) is 21.5 Å². The minimum Gasteiger partial charge on any atom is -0.322 e. The van der Waals surface area contributed by atoms with Crippen LogP contribution in [0, 0.1) is 11.8 Å². The highest BCUT2D eigenvalue weighted by atomic mass is 32.2. The minimum atomic E-state index is -3.71. The van der Waals surface area contributed by atoms with Crippen molar-refractivity contribution in [1.29, 1.82) is 0 Å². The van der Waals surface area contributed by atoms with Crippen LogP contribution in [0.25, 0.3) is 0 Å². The Morgan fingerprint density at radius 2 is 1.60 bits per heavy atom. The molecular weight excluding hydrogens is 396 g/mol. The molecule has 0 saturated heterocycles. The van der Waals surface area contributed by atoms with E-state index in [1.165, 1.54) is 24.3 Å². The standard InChI is InChI=1S/C24H20N2O3S/c1-2-16-25-30(28,29)23-13-7-11-21(18-23)24(27)26-22-12-6-10-20(17-22)15-14-19-8-4-3-5-9-19/h2-13,17-18,25H,1,16H2,(H,26,27). The first-order chi connectivity index (χ1) is 14.5. The fourth-order valence-electron chi connectivity index (χ4n) is 2.60. The Bertz CT molecular complexity index is 1220. The van der Waals surface area contributed by atoms with E-state index in [-0.39, 0.29) is 17.0 Å². The van der Waals surface area contributed by atoms with Crippen molar-refractivity contribution < 1.29 is 13.2 Å². The number of sulfonamides is 1. The number of amides is 1. The summed E-state index contributed by atoms with van der Waals surface area (Å²) in [6.07, 6.45) is 1.45. The van der Waals surface area contributed by atoms with Crippen molar-refractivity contribution >= 4 is 21.6 Å². The molecule has 0 bridgehead atoms. The molecular formula is C24H20N2O3S. The van der Waals surface area contributed by atoms with Gasteiger partial charge in [0.15, 0.2) is 0 Å². The van der Waals surface area contributed by atoms with Crippen molar-refractivity contribution in [3.05, 3.63) is 108 Å². The van der Waals surface area contributed by atoms with Crippen molar-refractivity contribution in [2.75, 3.05) is 11.9 Å². The van der Waals surface area contributed by atoms with Gasteiger partial charge in [-0.25, -0.2) is 13.1 Å². The molecule has 2 N–H and O–H groups in total. The van der Waals surface area contributed by atoms with Gasteiger partial charge in [0, 0.05) is 28.9 Å². The second kappa shape index (κ2) is 9.70. The van der Waals surface area contributed by atoms with E-state index >= 15 is 0 Å². The number of rotatable bonds is 6. The third-order valence-electron chi connectivity index (χ3n) is 4.07. The van der Waals surface area contributed by atoms with E-state index in [0.717, 1.165) is 11.1 Å². The van der Waals surface area contributed by atoms with E-state index in [2.05, 4.69) is 28.5 Å². The molecule has 1 amide bonds. The van der Waals surface area contributed by atoms with Gasteiger partial charge in [-0.15, -0.1) is 6.58 Å². The Kier molecular flexibility index (Phi) is 6.81. The van der Waals surface area contributed by atoms with Gasteiger partial charge in [0.1, 0.15) is 0 Å². The zero-order chi connectivity index (χ0) is 21.4. The predicted octanol–water partition coefficient (Wildman–Crippen LogP) is 3.80. The lowest BCUT2D eigenvalue weighted by atomic mass is 10.1. The summed E-state index contributed by atoms with van der Waals surface area (Å²) in [6, 6.07) is 22.6. The van der Waals surface area contributed by atoms with Crippen molar-refractivity contribution in [2.24, 2.45) is 0 Å². The second-order valence-electron chi connectivity index (χ2n) is 6.32. The first-order valence-electron chi connectivity index (χ1n) is 9.17. The summed E-state index contributed by atoms with van der Waals surface area (Å²) in [5, 5.41) is 2.78. The van der Waals surface area contributed by atoms with E-state index in [0.29, 0.717) is 5.69 Å². The monoisotopic (exact) mass is 416 g/mol. The maximum absolute atomic E-state index is 12.6. The van der Waals surface area contributed by atoms with Crippen LogP contribution in [0.15, 0.2) is 96.4 Å². The van der Waals surface area contributed by atoms with Gasteiger partial charge in [0.2, 0.25) is 10.0 Å². The fraction of sp³-hybridized carbons (Fsp3) is 0.0417. The molecule has 5 nitrogen and oxygen atoms in total. The van der Waals surface area contributed by atoms with E-state index in [9.17, 15) is 13.2 Å². The molecule has 3 aromatic carbocycles. The minimum absolute atomic E-state index is 0.0134. The van der Waals surface area contributed by atoms with Gasteiger partial charge >= 0.3 is 0 Å². The zero-order valence-electron chi connectivity index (χ0n) is 16.1. The maximum atomic E-state index is 12.6. The number of carbonyl (C=O) groups excluding carboxylic acids is 1. The Balaban J connectivity index is 1.76. The Labute approximate surface area is 176 Å². The first kappa shape index (κ1) is 21.1. The van der Waals surface area contributed by atoms with Crippen molar-refractivity contribution in [2.45, 2.75) is 4.90 Å². The molecule has 150 valence electrons. The van der Waals surface area contributed by atoms with Crippen molar-refractivity contribution in [3.8, 4) is 11.8 Å². The van der Waals surface area contributed by atoms with Crippen LogP contribution in [-0.4, -0.2) is 20.9 Å². The SMILES string of the molecule is C=CCNS(=O)(=O)c1cccc(C(=O)Nc2cccc(C#Cc3ccccc3)c2)c1. The third-order valence-corrected chi connectivity index (χ3v) is 5.49. The average Bonchev–Trinajstić information content (AvgIpc) is 2.77. The predicted molar refractivity (Wildman–Crippen MR) is 119 cm³/mol. The number of nitrogens with one attached hydrogen (secondary N) is 2. The molecule has 0 unspecified atom stereocenters. The number of benzene rings is 3. The van der Waals surface area contributed by atoms with Crippen molar-refractivity contribution in [3.63, 3.8) is 0 Å². The molecule has 0 heterocycles. The number of carbonyl (C=O) groups is 1. The Morgan fingerprint density at radius 1 is 0.900 bits per heavy atom. The Morgan fingerprint density at radius 3 is 2.37 bits per heavy atom. The number of hydrogen-bond donors (Lipinski definition) is 2. The largest absolute Gasteiger partial charge is 0.322 e. The van der Waals surface area contributed by atoms with Gasteiger partial charge in [0.25, 0.3) is 5.91 Å². The summed E-state index contributed by atoms with van der Waals surface area (Å²) in [4.78, 5) is 12.6. The molecule has 0 atom stereocenters. The first-order valence-corrected chi connectivity index (χ1v) is 10.7. The van der Waals surface area contributed by atoms with Gasteiger partial charge in [-0.1, -0.05) is 48.2 Å². The van der Waals surface area contributed by atoms with Gasteiger partial charge in [-0.2, -0.15) is 0 Å². The van der Waals surface area contributed by atoms with Crippen LogP contribution < -0.4 is 10.0 Å². The van der Waals surface area contributed by atoms with Gasteiger partial charge in [-0.3, -0.25) is 4.79 Å². The van der Waals surface area contributed by atoms with Crippen LogP contribution in [0.3, 0.4) is 0 Å². The van der Waals surface area contributed by atoms with Gasteiger partial charge < -0.3 is 5.32 Å². The highest BCUT2D eigenvalue weighted by Gasteiger charge is 2.15. The van der Waals surface area contributed by atoms with Crippen LogP contribution in [0.2, 0.25) is 0 Å². The quantitative estimate of drug-likeness (QED) is 0.474. The maximum Gasteiger partial charge on any atom is 0.255 e. The molecule has 6 heteroatoms. The molecule has 3 rings (SSSR count). The molecule has 0 aliphatic heterocycles. The lowest BCUT2D eigenvalue weighted by molar-refractivity contribution is 0.102. The van der Waals surface area contributed by atoms with E-state index in [1.54, 1.807) is 24.3 Å². The van der Waals surface area contributed by atoms with Crippen LogP contribution >= 0.6 is 0 Å². The average molecular weight is 417 g/mol. The molecule has 0 aliphatic carbocycles. The molecule has 0 aliphatic rings. The molecule has 0 aromatic heterocycles. The topological polar surface area (TPSA) is 75.3 Å². The summed E-state index contributed by atoms with van der Waals surface area (Å²) in [6.45, 7) is 3.59. The lowest BCUT2D eigenvalue weighted by Gasteiger charge is -2.08. The van der Waals surface area contributed by atoms with Crippen LogP contribution in [0.4, 0.5) is 5.69 Å². The highest BCUT2D eigenvalue weighted by molar-refractivity contribution is 7.89. The smallest absolute Gasteiger partial charge is 0.255 e. The van der Waals surface area contributed by atoms with E-state index < -0.39 is 15.9 Å². The van der Waals surface area contributed by atoms with Gasteiger partial charge in [-0.05, 0) is 48.5 Å². The molecule has 0 spiro atoms. The fourth-order valence-corrected chi connectivity index (χ4v) is 3.64. The summed E-state index contributed by atoms with van der Waals surface area (Å²) >= 11 is 0. The van der Waals surface area contributed by atoms with Crippen LogP contribution in [-0.2, 0) is 10.0 Å². The van der Waals surface area contributed by atoms with E-state index in [1.807, 2.05) is 36.4 Å². The number of anilines is 1. The summed E-state index contributed by atoms with van der Waals surface area (Å²) in [5.74, 6) is 5.72.